The second kappa shape index (κ2) is 8.05. The first kappa shape index (κ1) is 18.5. The lowest BCUT2D eigenvalue weighted by molar-refractivity contribution is 0.412. The van der Waals surface area contributed by atoms with E-state index in [1.165, 1.54) is 0 Å². The van der Waals surface area contributed by atoms with Crippen LogP contribution >= 0.6 is 11.6 Å². The van der Waals surface area contributed by atoms with Gasteiger partial charge in [-0.3, -0.25) is 10.3 Å². The highest BCUT2D eigenvalue weighted by molar-refractivity contribution is 6.30. The van der Waals surface area contributed by atoms with E-state index in [2.05, 4.69) is 5.32 Å². The molecule has 142 valence electrons. The fourth-order valence-corrected chi connectivity index (χ4v) is 3.69. The molecule has 1 heterocycles. The van der Waals surface area contributed by atoms with Gasteiger partial charge in [0.1, 0.15) is 17.7 Å². The molecule has 4 rings (SSSR count). The van der Waals surface area contributed by atoms with Crippen molar-refractivity contribution in [3.05, 3.63) is 94.5 Å². The van der Waals surface area contributed by atoms with Crippen LogP contribution in [0, 0.1) is 0 Å². The first-order chi connectivity index (χ1) is 13.6. The lowest BCUT2D eigenvalue weighted by Crippen LogP contribution is -2.33. The normalized spacial score (nSPS) is 19.1. The van der Waals surface area contributed by atoms with Gasteiger partial charge in [-0.2, -0.15) is 0 Å². The highest BCUT2D eigenvalue weighted by Crippen LogP contribution is 2.34. The molecule has 0 amide bonds. The number of nitrogens with one attached hydrogen (secondary N) is 1. The molecule has 3 aromatic carbocycles. The summed E-state index contributed by atoms with van der Waals surface area (Å²) in [5, 5.41) is 14.6. The van der Waals surface area contributed by atoms with Crippen LogP contribution in [0.25, 0.3) is 0 Å². The van der Waals surface area contributed by atoms with E-state index in [4.69, 9.17) is 21.3 Å². The predicted molar refractivity (Wildman–Crippen MR) is 112 cm³/mol. The number of aliphatic imine (C=N–C) groups is 1. The van der Waals surface area contributed by atoms with Crippen molar-refractivity contribution in [2.75, 3.05) is 7.11 Å². The minimum absolute atomic E-state index is 0.0696. The van der Waals surface area contributed by atoms with Gasteiger partial charge in [0.05, 0.1) is 7.11 Å². The molecule has 2 atom stereocenters. The molecule has 0 aliphatic carbocycles. The molecule has 0 aromatic heterocycles. The maximum atomic E-state index is 10.4. The molecule has 0 spiro atoms. The van der Waals surface area contributed by atoms with E-state index in [1.54, 1.807) is 13.2 Å². The largest absolute Gasteiger partial charge is 0.508 e. The van der Waals surface area contributed by atoms with Crippen LogP contribution in [0.4, 0.5) is 0 Å². The van der Waals surface area contributed by atoms with Gasteiger partial charge in [0, 0.05) is 28.8 Å². The number of hydrogen-bond acceptors (Lipinski definition) is 4. The summed E-state index contributed by atoms with van der Waals surface area (Å²) in [7, 11) is 1.65. The molecule has 0 fully saturated rings. The van der Waals surface area contributed by atoms with E-state index in [-0.39, 0.29) is 18.0 Å². The second-order valence-electron chi connectivity index (χ2n) is 6.74. The summed E-state index contributed by atoms with van der Waals surface area (Å²) in [6.45, 7) is 0. The Bertz CT molecular complexity index is 1000. The zero-order valence-corrected chi connectivity index (χ0v) is 16.2. The van der Waals surface area contributed by atoms with Crippen LogP contribution in [-0.4, -0.2) is 17.9 Å². The zero-order chi connectivity index (χ0) is 19.5. The Morgan fingerprint density at radius 2 is 1.82 bits per heavy atom. The van der Waals surface area contributed by atoms with Crippen molar-refractivity contribution in [1.82, 2.24) is 5.32 Å². The average Bonchev–Trinajstić information content (AvgIpc) is 2.74. The van der Waals surface area contributed by atoms with Crippen LogP contribution in [0.5, 0.6) is 11.5 Å². The van der Waals surface area contributed by atoms with Gasteiger partial charge in [-0.05, 0) is 53.6 Å². The molecule has 4 nitrogen and oxygen atoms in total. The Morgan fingerprint density at radius 1 is 1.04 bits per heavy atom. The summed E-state index contributed by atoms with van der Waals surface area (Å²) in [6, 6.07) is 22.9. The van der Waals surface area contributed by atoms with Crippen molar-refractivity contribution in [2.24, 2.45) is 4.99 Å². The molecule has 0 saturated carbocycles. The van der Waals surface area contributed by atoms with E-state index in [0.717, 1.165) is 28.2 Å². The van der Waals surface area contributed by atoms with Crippen molar-refractivity contribution >= 4 is 17.3 Å². The van der Waals surface area contributed by atoms with Crippen LogP contribution in [0.3, 0.4) is 0 Å². The van der Waals surface area contributed by atoms with Gasteiger partial charge in [0.2, 0.25) is 0 Å². The zero-order valence-electron chi connectivity index (χ0n) is 15.5. The Balaban J connectivity index is 1.74. The maximum Gasteiger partial charge on any atom is 0.126 e. The van der Waals surface area contributed by atoms with Crippen molar-refractivity contribution < 1.29 is 9.84 Å². The molecule has 0 radical (unpaired) electrons. The fourth-order valence-electron chi connectivity index (χ4n) is 3.49. The van der Waals surface area contributed by atoms with Crippen LogP contribution in [-0.2, 0) is 0 Å². The monoisotopic (exact) mass is 392 g/mol. The summed E-state index contributed by atoms with van der Waals surface area (Å²) in [5.41, 5.74) is 3.85. The number of hydrogen-bond donors (Lipinski definition) is 2. The van der Waals surface area contributed by atoms with E-state index >= 15 is 0 Å². The van der Waals surface area contributed by atoms with Crippen molar-refractivity contribution in [3.63, 3.8) is 0 Å². The molecule has 2 N–H and O–H groups in total. The topological polar surface area (TPSA) is 53.8 Å². The molecule has 2 unspecified atom stereocenters. The van der Waals surface area contributed by atoms with Crippen LogP contribution in [0.1, 0.15) is 35.3 Å². The van der Waals surface area contributed by atoms with E-state index in [9.17, 15) is 5.11 Å². The molecule has 1 aliphatic heterocycles. The van der Waals surface area contributed by atoms with Gasteiger partial charge in [-0.1, -0.05) is 41.9 Å². The Morgan fingerprint density at radius 3 is 2.54 bits per heavy atom. The maximum absolute atomic E-state index is 10.4. The smallest absolute Gasteiger partial charge is 0.126 e. The van der Waals surface area contributed by atoms with E-state index in [1.807, 2.05) is 66.7 Å². The number of nitrogens with zero attached hydrogens (tertiary/aromatic N) is 1. The minimum Gasteiger partial charge on any atom is -0.508 e. The fraction of sp³-hybridized carbons (Fsp3) is 0.174. The standard InChI is InChI=1S/C23H21ClN2O2/c1-28-18-11-9-15(10-12-18)20-14-21(19-7-2-3-8-22(19)27)26-23(25-20)16-5-4-6-17(24)13-16/h2-13,21,23,26-27H,14H2,1H3. The Labute approximate surface area is 169 Å². The highest BCUT2D eigenvalue weighted by atomic mass is 35.5. The number of aromatic hydroxyl groups is 1. The second-order valence-corrected chi connectivity index (χ2v) is 7.18. The molecule has 1 aliphatic rings. The quantitative estimate of drug-likeness (QED) is 0.635. The minimum atomic E-state index is -0.255. The molecular weight excluding hydrogens is 372 g/mol. The number of methoxy groups -OCH3 is 1. The highest BCUT2D eigenvalue weighted by Gasteiger charge is 2.27. The average molecular weight is 393 g/mol. The summed E-state index contributed by atoms with van der Waals surface area (Å²) < 4.78 is 5.27. The van der Waals surface area contributed by atoms with Crippen molar-refractivity contribution in [3.8, 4) is 11.5 Å². The van der Waals surface area contributed by atoms with E-state index in [0.29, 0.717) is 11.4 Å². The lowest BCUT2D eigenvalue weighted by Gasteiger charge is -2.31. The van der Waals surface area contributed by atoms with Gasteiger partial charge in [0.15, 0.2) is 0 Å². The van der Waals surface area contributed by atoms with Gasteiger partial charge in [0.25, 0.3) is 0 Å². The Kier molecular flexibility index (Phi) is 5.33. The number of para-hydroxylation sites is 1. The number of phenols is 1. The van der Waals surface area contributed by atoms with Gasteiger partial charge in [-0.25, -0.2) is 0 Å². The van der Waals surface area contributed by atoms with Crippen LogP contribution < -0.4 is 10.1 Å². The summed E-state index contributed by atoms with van der Waals surface area (Å²) in [6.07, 6.45) is 0.412. The molecule has 0 saturated heterocycles. The van der Waals surface area contributed by atoms with E-state index < -0.39 is 0 Å². The molecular formula is C23H21ClN2O2. The lowest BCUT2D eigenvalue weighted by atomic mass is 9.93. The van der Waals surface area contributed by atoms with Crippen LogP contribution in [0.15, 0.2) is 77.8 Å². The summed E-state index contributed by atoms with van der Waals surface area (Å²) in [5.74, 6) is 1.09. The SMILES string of the molecule is COc1ccc(C2=NC(c3cccc(Cl)c3)NC(c3ccccc3O)C2)cc1. The predicted octanol–water partition coefficient (Wildman–Crippen LogP) is 5.28. The number of ether oxygens (including phenoxy) is 1. The third-order valence-electron chi connectivity index (χ3n) is 4.94. The molecule has 3 aromatic rings. The number of phenolic OH excluding ortho intramolecular Hbond substituents is 1. The van der Waals surface area contributed by atoms with Gasteiger partial charge >= 0.3 is 0 Å². The Hall–Kier alpha value is -2.82. The van der Waals surface area contributed by atoms with Crippen LogP contribution in [0.2, 0.25) is 5.02 Å². The third-order valence-corrected chi connectivity index (χ3v) is 5.18. The van der Waals surface area contributed by atoms with Gasteiger partial charge < -0.3 is 9.84 Å². The van der Waals surface area contributed by atoms with Gasteiger partial charge in [-0.15, -0.1) is 0 Å². The number of halogens is 1. The summed E-state index contributed by atoms with van der Waals surface area (Å²) >= 11 is 6.20. The first-order valence-corrected chi connectivity index (χ1v) is 9.52. The van der Waals surface area contributed by atoms with Crippen molar-refractivity contribution in [2.45, 2.75) is 18.6 Å². The summed E-state index contributed by atoms with van der Waals surface area (Å²) in [4.78, 5) is 4.95. The third kappa shape index (κ3) is 3.88. The number of rotatable bonds is 4. The molecule has 28 heavy (non-hydrogen) atoms. The number of benzene rings is 3. The molecule has 0 bridgehead atoms. The first-order valence-electron chi connectivity index (χ1n) is 9.14. The van der Waals surface area contributed by atoms with Crippen molar-refractivity contribution in [1.29, 1.82) is 0 Å². The molecule has 5 heteroatoms.